The third-order valence-electron chi connectivity index (χ3n) is 3.49. The van der Waals surface area contributed by atoms with E-state index >= 15 is 0 Å². The molecule has 2 heterocycles. The molecule has 3 nitrogen and oxygen atoms in total. The van der Waals surface area contributed by atoms with Crippen LogP contribution in [-0.4, -0.2) is 49.8 Å². The molecule has 0 aliphatic carbocycles. The molecule has 2 fully saturated rings. The molecule has 0 amide bonds. The summed E-state index contributed by atoms with van der Waals surface area (Å²) >= 11 is 0. The molecule has 2 rings (SSSR count). The molecule has 2 saturated heterocycles. The van der Waals surface area contributed by atoms with Crippen LogP contribution in [0.25, 0.3) is 0 Å². The Labute approximate surface area is 93.2 Å². The topological polar surface area (TPSA) is 24.5 Å². The molecule has 0 aromatic heterocycles. The lowest BCUT2D eigenvalue weighted by molar-refractivity contribution is 0.0454. The number of ether oxygens (including phenoxy) is 1. The minimum Gasteiger partial charge on any atom is -0.381 e. The Morgan fingerprint density at radius 3 is 2.33 bits per heavy atom. The lowest BCUT2D eigenvalue weighted by atomic mass is 9.98. The van der Waals surface area contributed by atoms with Crippen molar-refractivity contribution in [2.45, 2.75) is 38.8 Å². The van der Waals surface area contributed by atoms with Gasteiger partial charge in [-0.25, -0.2) is 0 Å². The number of piperazine rings is 1. The van der Waals surface area contributed by atoms with Gasteiger partial charge in [0.2, 0.25) is 0 Å². The van der Waals surface area contributed by atoms with Crippen LogP contribution in [0.5, 0.6) is 0 Å². The molecule has 0 aromatic carbocycles. The van der Waals surface area contributed by atoms with Gasteiger partial charge in [-0.3, -0.25) is 4.90 Å². The Morgan fingerprint density at radius 2 is 1.73 bits per heavy atom. The SMILES string of the molecule is CC1CN(CC2CCOCC2)CC(C)N1. The van der Waals surface area contributed by atoms with Gasteiger partial charge in [0.15, 0.2) is 0 Å². The quantitative estimate of drug-likeness (QED) is 0.742. The highest BCUT2D eigenvalue weighted by atomic mass is 16.5. The molecule has 0 bridgehead atoms. The molecule has 2 atom stereocenters. The van der Waals surface area contributed by atoms with E-state index in [2.05, 4.69) is 24.1 Å². The van der Waals surface area contributed by atoms with Gasteiger partial charge in [-0.15, -0.1) is 0 Å². The van der Waals surface area contributed by atoms with E-state index in [-0.39, 0.29) is 0 Å². The lowest BCUT2D eigenvalue weighted by Crippen LogP contribution is -2.55. The van der Waals surface area contributed by atoms with Gasteiger partial charge in [0.1, 0.15) is 0 Å². The van der Waals surface area contributed by atoms with Crippen LogP contribution >= 0.6 is 0 Å². The van der Waals surface area contributed by atoms with E-state index in [1.165, 1.54) is 32.5 Å². The average Bonchev–Trinajstić information content (AvgIpc) is 2.17. The first kappa shape index (κ1) is 11.4. The fourth-order valence-electron chi connectivity index (χ4n) is 2.88. The van der Waals surface area contributed by atoms with Crippen LogP contribution in [0, 0.1) is 5.92 Å². The molecule has 0 aromatic rings. The molecule has 2 aliphatic rings. The Morgan fingerprint density at radius 1 is 1.13 bits per heavy atom. The Bertz CT molecular complexity index is 182. The van der Waals surface area contributed by atoms with Gasteiger partial charge in [0.25, 0.3) is 0 Å². The first-order chi connectivity index (χ1) is 7.24. The molecule has 2 unspecified atom stereocenters. The summed E-state index contributed by atoms with van der Waals surface area (Å²) in [4.78, 5) is 2.63. The summed E-state index contributed by atoms with van der Waals surface area (Å²) in [6.45, 7) is 10.2. The number of nitrogens with zero attached hydrogens (tertiary/aromatic N) is 1. The molecule has 88 valence electrons. The lowest BCUT2D eigenvalue weighted by Gasteiger charge is -2.38. The fraction of sp³-hybridized carbons (Fsp3) is 1.00. The van der Waals surface area contributed by atoms with Crippen LogP contribution in [0.2, 0.25) is 0 Å². The number of hydrogen-bond donors (Lipinski definition) is 1. The van der Waals surface area contributed by atoms with E-state index in [9.17, 15) is 0 Å². The number of hydrogen-bond acceptors (Lipinski definition) is 3. The summed E-state index contributed by atoms with van der Waals surface area (Å²) < 4.78 is 5.40. The summed E-state index contributed by atoms with van der Waals surface area (Å²) in [5.74, 6) is 0.872. The van der Waals surface area contributed by atoms with Crippen molar-refractivity contribution in [1.82, 2.24) is 10.2 Å². The van der Waals surface area contributed by atoms with E-state index in [4.69, 9.17) is 4.74 Å². The summed E-state index contributed by atoms with van der Waals surface area (Å²) in [5.41, 5.74) is 0. The monoisotopic (exact) mass is 212 g/mol. The van der Waals surface area contributed by atoms with Crippen molar-refractivity contribution in [3.8, 4) is 0 Å². The second kappa shape index (κ2) is 5.28. The van der Waals surface area contributed by atoms with Crippen LogP contribution in [-0.2, 0) is 4.74 Å². The molecule has 0 saturated carbocycles. The second-order valence-electron chi connectivity index (χ2n) is 5.24. The first-order valence-corrected chi connectivity index (χ1v) is 6.30. The van der Waals surface area contributed by atoms with Gasteiger partial charge in [-0.2, -0.15) is 0 Å². The summed E-state index contributed by atoms with van der Waals surface area (Å²) in [6.07, 6.45) is 2.51. The number of rotatable bonds is 2. The van der Waals surface area contributed by atoms with Crippen LogP contribution < -0.4 is 5.32 Å². The highest BCUT2D eigenvalue weighted by molar-refractivity contribution is 4.82. The van der Waals surface area contributed by atoms with E-state index in [1.807, 2.05) is 0 Å². The van der Waals surface area contributed by atoms with Gasteiger partial charge >= 0.3 is 0 Å². The Hall–Kier alpha value is -0.120. The molecular formula is C12H24N2O. The molecule has 0 radical (unpaired) electrons. The third kappa shape index (κ3) is 3.44. The van der Waals surface area contributed by atoms with Gasteiger partial charge in [-0.1, -0.05) is 0 Å². The zero-order chi connectivity index (χ0) is 10.7. The molecule has 1 N–H and O–H groups in total. The van der Waals surface area contributed by atoms with Crippen molar-refractivity contribution in [3.05, 3.63) is 0 Å². The molecule has 0 spiro atoms. The summed E-state index contributed by atoms with van der Waals surface area (Å²) in [5, 5.41) is 3.58. The maximum Gasteiger partial charge on any atom is 0.0469 e. The smallest absolute Gasteiger partial charge is 0.0469 e. The van der Waals surface area contributed by atoms with Gasteiger partial charge < -0.3 is 10.1 Å². The Kier molecular flexibility index (Phi) is 4.00. The van der Waals surface area contributed by atoms with Gasteiger partial charge in [0, 0.05) is 44.9 Å². The zero-order valence-electron chi connectivity index (χ0n) is 10.0. The maximum absolute atomic E-state index is 5.40. The van der Waals surface area contributed by atoms with E-state index < -0.39 is 0 Å². The van der Waals surface area contributed by atoms with Crippen molar-refractivity contribution in [2.24, 2.45) is 5.92 Å². The predicted octanol–water partition coefficient (Wildman–Crippen LogP) is 1.10. The predicted molar refractivity (Wildman–Crippen MR) is 62.0 cm³/mol. The fourth-order valence-corrected chi connectivity index (χ4v) is 2.88. The van der Waals surface area contributed by atoms with Crippen molar-refractivity contribution in [1.29, 1.82) is 0 Å². The van der Waals surface area contributed by atoms with Crippen LogP contribution in [0.3, 0.4) is 0 Å². The number of nitrogens with one attached hydrogen (secondary N) is 1. The van der Waals surface area contributed by atoms with Gasteiger partial charge in [0.05, 0.1) is 0 Å². The molecular weight excluding hydrogens is 188 g/mol. The van der Waals surface area contributed by atoms with Crippen LogP contribution in [0.1, 0.15) is 26.7 Å². The molecule has 2 aliphatic heterocycles. The van der Waals surface area contributed by atoms with Crippen LogP contribution in [0.15, 0.2) is 0 Å². The van der Waals surface area contributed by atoms with Crippen molar-refractivity contribution in [2.75, 3.05) is 32.8 Å². The molecule has 3 heteroatoms. The second-order valence-corrected chi connectivity index (χ2v) is 5.24. The summed E-state index contributed by atoms with van der Waals surface area (Å²) in [6, 6.07) is 1.29. The van der Waals surface area contributed by atoms with Gasteiger partial charge in [-0.05, 0) is 32.6 Å². The van der Waals surface area contributed by atoms with E-state index in [0.717, 1.165) is 19.1 Å². The zero-order valence-corrected chi connectivity index (χ0v) is 10.0. The molecule has 15 heavy (non-hydrogen) atoms. The van der Waals surface area contributed by atoms with Crippen molar-refractivity contribution in [3.63, 3.8) is 0 Å². The van der Waals surface area contributed by atoms with Crippen molar-refractivity contribution < 1.29 is 4.74 Å². The van der Waals surface area contributed by atoms with E-state index in [1.54, 1.807) is 0 Å². The Balaban J connectivity index is 1.77. The van der Waals surface area contributed by atoms with Crippen molar-refractivity contribution >= 4 is 0 Å². The maximum atomic E-state index is 5.40. The minimum atomic E-state index is 0.647. The third-order valence-corrected chi connectivity index (χ3v) is 3.49. The highest BCUT2D eigenvalue weighted by Crippen LogP contribution is 2.17. The largest absolute Gasteiger partial charge is 0.381 e. The normalized spacial score (nSPS) is 35.6. The van der Waals surface area contributed by atoms with Crippen LogP contribution in [0.4, 0.5) is 0 Å². The summed E-state index contributed by atoms with van der Waals surface area (Å²) in [7, 11) is 0. The minimum absolute atomic E-state index is 0.647. The highest BCUT2D eigenvalue weighted by Gasteiger charge is 2.24. The standard InChI is InChI=1S/C12H24N2O/c1-10-7-14(8-11(2)13-10)9-12-3-5-15-6-4-12/h10-13H,3-9H2,1-2H3. The average molecular weight is 212 g/mol. The van der Waals surface area contributed by atoms with E-state index in [0.29, 0.717) is 12.1 Å². The first-order valence-electron chi connectivity index (χ1n) is 6.30.